The molecule has 0 saturated heterocycles. The maximum atomic E-state index is 11.8. The van der Waals surface area contributed by atoms with E-state index in [2.05, 4.69) is 5.32 Å². The molecule has 0 bridgehead atoms. The Kier molecular flexibility index (Phi) is 5.98. The lowest BCUT2D eigenvalue weighted by Crippen LogP contribution is -2.47. The number of carbonyl (C=O) groups excluding carboxylic acids is 1. The minimum Gasteiger partial charge on any atom is -0.497 e. The van der Waals surface area contributed by atoms with Crippen LogP contribution in [0, 0.1) is 0 Å². The number of aliphatic hydroxyl groups is 1. The predicted octanol–water partition coefficient (Wildman–Crippen LogP) is 0.667. The average Bonchev–Trinajstić information content (AvgIpc) is 2.36. The minimum atomic E-state index is -0.931. The van der Waals surface area contributed by atoms with E-state index >= 15 is 0 Å². The topological polar surface area (TPSA) is 61.8 Å². The summed E-state index contributed by atoms with van der Waals surface area (Å²) in [5, 5.41) is 12.9. The average molecular weight is 280 g/mol. The molecule has 0 fully saturated rings. The summed E-state index contributed by atoms with van der Waals surface area (Å²) in [7, 11) is 5.37. The van der Waals surface area contributed by atoms with Gasteiger partial charge in [0, 0.05) is 13.1 Å². The molecule has 112 valence electrons. The lowest BCUT2D eigenvalue weighted by Gasteiger charge is -2.27. The zero-order valence-electron chi connectivity index (χ0n) is 12.6. The van der Waals surface area contributed by atoms with Crippen LogP contribution in [0.4, 0.5) is 0 Å². The third-order valence-corrected chi connectivity index (χ3v) is 2.85. The number of nitrogens with zero attached hydrogens (tertiary/aromatic N) is 1. The molecule has 0 aliphatic carbocycles. The van der Waals surface area contributed by atoms with Crippen molar-refractivity contribution >= 4 is 5.91 Å². The van der Waals surface area contributed by atoms with Crippen LogP contribution in [0.3, 0.4) is 0 Å². The first kappa shape index (κ1) is 16.5. The lowest BCUT2D eigenvalue weighted by atomic mass is 10.1. The van der Waals surface area contributed by atoms with Gasteiger partial charge in [0.25, 0.3) is 0 Å². The molecule has 0 aromatic heterocycles. The first-order valence-corrected chi connectivity index (χ1v) is 6.59. The molecule has 0 aliphatic rings. The van der Waals surface area contributed by atoms with Gasteiger partial charge < -0.3 is 20.1 Å². The molecule has 1 amide bonds. The summed E-state index contributed by atoms with van der Waals surface area (Å²) in [6.07, 6.45) is 0.294. The molecule has 1 rings (SSSR count). The van der Waals surface area contributed by atoms with Crippen LogP contribution in [0.2, 0.25) is 0 Å². The molecule has 0 saturated carbocycles. The maximum Gasteiger partial charge on any atom is 0.224 e. The van der Waals surface area contributed by atoms with Crippen LogP contribution in [0.25, 0.3) is 0 Å². The van der Waals surface area contributed by atoms with E-state index in [1.165, 1.54) is 0 Å². The second-order valence-electron chi connectivity index (χ2n) is 5.54. The highest BCUT2D eigenvalue weighted by Gasteiger charge is 2.21. The largest absolute Gasteiger partial charge is 0.497 e. The Bertz CT molecular complexity index is 427. The zero-order chi connectivity index (χ0) is 15.2. The lowest BCUT2D eigenvalue weighted by molar-refractivity contribution is -0.121. The maximum absolute atomic E-state index is 11.8. The summed E-state index contributed by atoms with van der Waals surface area (Å²) in [6, 6.07) is 7.36. The molecular formula is C15H24N2O3. The quantitative estimate of drug-likeness (QED) is 0.770. The van der Waals surface area contributed by atoms with Crippen molar-refractivity contribution in [3.05, 3.63) is 29.8 Å². The van der Waals surface area contributed by atoms with Crippen LogP contribution in [-0.4, -0.2) is 55.8 Å². The highest BCUT2D eigenvalue weighted by atomic mass is 16.5. The number of methoxy groups -OCH3 is 1. The van der Waals surface area contributed by atoms with Gasteiger partial charge in [-0.25, -0.2) is 0 Å². The molecule has 5 heteroatoms. The molecule has 0 aliphatic heterocycles. The fourth-order valence-corrected chi connectivity index (χ4v) is 2.02. The van der Waals surface area contributed by atoms with Crippen LogP contribution in [-0.2, 0) is 11.2 Å². The van der Waals surface area contributed by atoms with E-state index in [4.69, 9.17) is 4.74 Å². The van der Waals surface area contributed by atoms with Gasteiger partial charge in [-0.05, 0) is 38.7 Å². The van der Waals surface area contributed by atoms with Gasteiger partial charge in [0.2, 0.25) is 5.91 Å². The molecule has 1 aromatic carbocycles. The number of nitrogens with one attached hydrogen (secondary N) is 1. The van der Waals surface area contributed by atoms with Gasteiger partial charge in [0.1, 0.15) is 5.75 Å². The van der Waals surface area contributed by atoms with Crippen molar-refractivity contribution < 1.29 is 14.6 Å². The molecule has 0 heterocycles. The van der Waals surface area contributed by atoms with Crippen molar-refractivity contribution in [1.82, 2.24) is 10.2 Å². The van der Waals surface area contributed by atoms with E-state index in [1.807, 2.05) is 43.3 Å². The molecule has 2 N–H and O–H groups in total. The molecular weight excluding hydrogens is 256 g/mol. The van der Waals surface area contributed by atoms with Crippen LogP contribution in [0.1, 0.15) is 12.5 Å². The predicted molar refractivity (Wildman–Crippen MR) is 78.9 cm³/mol. The molecule has 1 unspecified atom stereocenters. The van der Waals surface area contributed by atoms with Gasteiger partial charge in [-0.3, -0.25) is 4.79 Å². The number of carbonyl (C=O) groups is 1. The molecule has 20 heavy (non-hydrogen) atoms. The normalized spacial score (nSPS) is 13.9. The van der Waals surface area contributed by atoms with E-state index in [-0.39, 0.29) is 12.5 Å². The third kappa shape index (κ3) is 6.04. The zero-order valence-corrected chi connectivity index (χ0v) is 12.6. The number of hydrogen-bond acceptors (Lipinski definition) is 4. The molecule has 1 aromatic rings. The van der Waals surface area contributed by atoms with Gasteiger partial charge in [0.15, 0.2) is 0 Å². The van der Waals surface area contributed by atoms with E-state index in [9.17, 15) is 9.90 Å². The van der Waals surface area contributed by atoms with Crippen molar-refractivity contribution in [1.29, 1.82) is 0 Å². The van der Waals surface area contributed by atoms with Crippen LogP contribution in [0.5, 0.6) is 5.75 Å². The Morgan fingerprint density at radius 2 is 1.95 bits per heavy atom. The second-order valence-corrected chi connectivity index (χ2v) is 5.54. The first-order valence-electron chi connectivity index (χ1n) is 6.59. The summed E-state index contributed by atoms with van der Waals surface area (Å²) in [6.45, 7) is 2.44. The monoisotopic (exact) mass is 280 g/mol. The van der Waals surface area contributed by atoms with Crippen molar-refractivity contribution in [2.24, 2.45) is 0 Å². The van der Waals surface area contributed by atoms with Crippen LogP contribution in [0.15, 0.2) is 24.3 Å². The summed E-state index contributed by atoms with van der Waals surface area (Å²) in [4.78, 5) is 13.7. The number of hydrogen-bond donors (Lipinski definition) is 2. The Hall–Kier alpha value is -1.59. The first-order chi connectivity index (χ1) is 9.32. The van der Waals surface area contributed by atoms with E-state index in [0.29, 0.717) is 13.0 Å². The Balaban J connectivity index is 2.43. The van der Waals surface area contributed by atoms with Crippen molar-refractivity contribution in [3.8, 4) is 5.75 Å². The van der Waals surface area contributed by atoms with Gasteiger partial charge in [-0.15, -0.1) is 0 Å². The van der Waals surface area contributed by atoms with Crippen molar-refractivity contribution in [2.45, 2.75) is 18.9 Å². The standard InChI is InChI=1S/C15H24N2O3/c1-15(19,11-17(2)3)10-16-14(18)9-12-5-7-13(20-4)8-6-12/h5-8,19H,9-11H2,1-4H3,(H,16,18). The minimum absolute atomic E-state index is 0.103. The number of rotatable bonds is 7. The Morgan fingerprint density at radius 1 is 1.35 bits per heavy atom. The molecule has 0 spiro atoms. The van der Waals surface area contributed by atoms with Crippen LogP contribution < -0.4 is 10.1 Å². The third-order valence-electron chi connectivity index (χ3n) is 2.85. The second kappa shape index (κ2) is 7.26. The van der Waals surface area contributed by atoms with E-state index < -0.39 is 5.60 Å². The van der Waals surface area contributed by atoms with Gasteiger partial charge in [0.05, 0.1) is 19.1 Å². The smallest absolute Gasteiger partial charge is 0.224 e. The SMILES string of the molecule is COc1ccc(CC(=O)NCC(C)(O)CN(C)C)cc1. The highest BCUT2D eigenvalue weighted by molar-refractivity contribution is 5.78. The fraction of sp³-hybridized carbons (Fsp3) is 0.533. The number of amides is 1. The van der Waals surface area contributed by atoms with E-state index in [1.54, 1.807) is 14.0 Å². The van der Waals surface area contributed by atoms with Crippen molar-refractivity contribution in [2.75, 3.05) is 34.3 Å². The number of likely N-dealkylation sites (N-methyl/N-ethyl adjacent to an activating group) is 1. The number of benzene rings is 1. The summed E-state index contributed by atoms with van der Waals surface area (Å²) in [5.41, 5.74) is -0.0189. The summed E-state index contributed by atoms with van der Waals surface area (Å²) < 4.78 is 5.07. The number of ether oxygens (including phenoxy) is 1. The van der Waals surface area contributed by atoms with Gasteiger partial charge in [-0.1, -0.05) is 12.1 Å². The Morgan fingerprint density at radius 3 is 2.45 bits per heavy atom. The van der Waals surface area contributed by atoms with Gasteiger partial charge >= 0.3 is 0 Å². The summed E-state index contributed by atoms with van der Waals surface area (Å²) >= 11 is 0. The van der Waals surface area contributed by atoms with Crippen molar-refractivity contribution in [3.63, 3.8) is 0 Å². The molecule has 0 radical (unpaired) electrons. The molecule has 5 nitrogen and oxygen atoms in total. The van der Waals surface area contributed by atoms with Gasteiger partial charge in [-0.2, -0.15) is 0 Å². The highest BCUT2D eigenvalue weighted by Crippen LogP contribution is 2.11. The fourth-order valence-electron chi connectivity index (χ4n) is 2.02. The van der Waals surface area contributed by atoms with E-state index in [0.717, 1.165) is 11.3 Å². The van der Waals surface area contributed by atoms with Crippen LogP contribution >= 0.6 is 0 Å². The Labute approximate surface area is 120 Å². The summed E-state index contributed by atoms with van der Waals surface area (Å²) in [5.74, 6) is 0.664. The molecule has 1 atom stereocenters.